The van der Waals surface area contributed by atoms with Crippen molar-refractivity contribution in [3.8, 4) is 0 Å². The van der Waals surface area contributed by atoms with Gasteiger partial charge in [0.15, 0.2) is 6.10 Å². The Bertz CT molecular complexity index is 1500. The number of allylic oxidation sites excluding steroid dienone is 14. The first kappa shape index (κ1) is 75.6. The maximum Gasteiger partial charge on any atom is 0.306 e. The van der Waals surface area contributed by atoms with E-state index in [1.165, 1.54) is 199 Å². The Kier molecular flexibility index (Phi) is 64.2. The lowest BCUT2D eigenvalue weighted by atomic mass is 10.0. The van der Waals surface area contributed by atoms with Gasteiger partial charge >= 0.3 is 17.9 Å². The summed E-state index contributed by atoms with van der Waals surface area (Å²) in [6.45, 7) is 6.53. The third-order valence-electron chi connectivity index (χ3n) is 14.9. The molecule has 0 aliphatic carbocycles. The average molecular weight is 1100 g/mol. The number of carbonyl (C=O) groups is 3. The lowest BCUT2D eigenvalue weighted by Gasteiger charge is -2.18. The molecule has 0 aliphatic rings. The van der Waals surface area contributed by atoms with E-state index in [1.807, 2.05) is 0 Å². The highest BCUT2D eigenvalue weighted by atomic mass is 16.6. The fourth-order valence-corrected chi connectivity index (χ4v) is 9.80. The van der Waals surface area contributed by atoms with Gasteiger partial charge in [-0.05, 0) is 96.3 Å². The van der Waals surface area contributed by atoms with Crippen molar-refractivity contribution < 1.29 is 28.6 Å². The molecular weight excluding hydrogens is 973 g/mol. The number of hydrogen-bond acceptors (Lipinski definition) is 6. The number of hydrogen-bond donors (Lipinski definition) is 0. The lowest BCUT2D eigenvalue weighted by molar-refractivity contribution is -0.167. The van der Waals surface area contributed by atoms with E-state index in [0.29, 0.717) is 19.3 Å². The number of rotatable bonds is 62. The molecule has 1 unspecified atom stereocenters. The molecule has 0 spiro atoms. The summed E-state index contributed by atoms with van der Waals surface area (Å²) in [6, 6.07) is 0. The predicted molar refractivity (Wildman–Crippen MR) is 344 cm³/mol. The lowest BCUT2D eigenvalue weighted by Crippen LogP contribution is -2.30. The zero-order valence-electron chi connectivity index (χ0n) is 52.4. The Balaban J connectivity index is 4.13. The molecule has 6 heteroatoms. The predicted octanol–water partition coefficient (Wildman–Crippen LogP) is 23.4. The molecule has 0 heterocycles. The maximum atomic E-state index is 12.9. The third kappa shape index (κ3) is 65.3. The van der Waals surface area contributed by atoms with Gasteiger partial charge in [0.25, 0.3) is 0 Å². The maximum absolute atomic E-state index is 12.9. The van der Waals surface area contributed by atoms with Crippen LogP contribution in [-0.4, -0.2) is 37.2 Å². The second-order valence-electron chi connectivity index (χ2n) is 22.7. The van der Waals surface area contributed by atoms with Crippen LogP contribution < -0.4 is 0 Å². The molecule has 0 radical (unpaired) electrons. The highest BCUT2D eigenvalue weighted by Gasteiger charge is 2.19. The second kappa shape index (κ2) is 67.1. The summed E-state index contributed by atoms with van der Waals surface area (Å²) in [5.41, 5.74) is 0. The zero-order chi connectivity index (χ0) is 57.1. The molecule has 0 aliphatic heterocycles. The van der Waals surface area contributed by atoms with E-state index in [1.54, 1.807) is 0 Å². The quantitative estimate of drug-likeness (QED) is 0.0261. The van der Waals surface area contributed by atoms with E-state index >= 15 is 0 Å². The molecule has 79 heavy (non-hydrogen) atoms. The molecular formula is C73H128O6. The van der Waals surface area contributed by atoms with Crippen molar-refractivity contribution in [2.24, 2.45) is 0 Å². The molecule has 0 rings (SSSR count). The second-order valence-corrected chi connectivity index (χ2v) is 22.7. The highest BCUT2D eigenvalue weighted by Crippen LogP contribution is 2.17. The first-order chi connectivity index (χ1) is 39.0. The molecule has 6 nitrogen and oxygen atoms in total. The van der Waals surface area contributed by atoms with Gasteiger partial charge < -0.3 is 14.2 Å². The van der Waals surface area contributed by atoms with E-state index in [9.17, 15) is 14.4 Å². The van der Waals surface area contributed by atoms with Gasteiger partial charge in [-0.1, -0.05) is 311 Å². The van der Waals surface area contributed by atoms with Gasteiger partial charge in [-0.3, -0.25) is 14.4 Å². The van der Waals surface area contributed by atoms with Gasteiger partial charge in [0, 0.05) is 19.3 Å². The first-order valence-corrected chi connectivity index (χ1v) is 34.1. The monoisotopic (exact) mass is 1100 g/mol. The Morgan fingerprint density at radius 3 is 0.797 bits per heavy atom. The largest absolute Gasteiger partial charge is 0.462 e. The van der Waals surface area contributed by atoms with Crippen LogP contribution in [0.25, 0.3) is 0 Å². The van der Waals surface area contributed by atoms with Gasteiger partial charge in [0.1, 0.15) is 13.2 Å². The number of unbranched alkanes of at least 4 members (excludes halogenated alkanes) is 37. The summed E-state index contributed by atoms with van der Waals surface area (Å²) < 4.78 is 16.9. The molecule has 0 aromatic rings. The van der Waals surface area contributed by atoms with Gasteiger partial charge in [-0.15, -0.1) is 0 Å². The minimum atomic E-state index is -0.777. The van der Waals surface area contributed by atoms with Crippen LogP contribution in [0.1, 0.15) is 342 Å². The summed E-state index contributed by atoms with van der Waals surface area (Å²) in [6.07, 6.45) is 89.0. The Hall–Kier alpha value is -3.41. The van der Waals surface area contributed by atoms with E-state index < -0.39 is 6.10 Å². The van der Waals surface area contributed by atoms with E-state index in [2.05, 4.69) is 106 Å². The molecule has 456 valence electrons. The summed E-state index contributed by atoms with van der Waals surface area (Å²) in [4.78, 5) is 38.3. The normalized spacial score (nSPS) is 12.6. The molecule has 0 saturated heterocycles. The summed E-state index contributed by atoms with van der Waals surface area (Å²) in [5, 5.41) is 0. The SMILES string of the molecule is CC/C=C\C/C=C\C/C=C\C/C=C\C/C=C\CCCCCCCCCCCCCCCCCCCC(=O)OCC(COC(=O)CCCCCCCCCCCCC)OC(=O)CCCCCCCCC/C=C\C/C=C\CCCCC. The zero-order valence-corrected chi connectivity index (χ0v) is 52.4. The van der Waals surface area contributed by atoms with E-state index in [4.69, 9.17) is 14.2 Å². The molecule has 0 bridgehead atoms. The van der Waals surface area contributed by atoms with Crippen molar-refractivity contribution in [3.05, 3.63) is 85.1 Å². The Morgan fingerprint density at radius 1 is 0.266 bits per heavy atom. The van der Waals surface area contributed by atoms with Crippen molar-refractivity contribution in [3.63, 3.8) is 0 Å². The van der Waals surface area contributed by atoms with Crippen molar-refractivity contribution in [2.75, 3.05) is 13.2 Å². The smallest absolute Gasteiger partial charge is 0.306 e. The van der Waals surface area contributed by atoms with Crippen molar-refractivity contribution in [1.82, 2.24) is 0 Å². The average Bonchev–Trinajstić information content (AvgIpc) is 3.45. The molecule has 0 fully saturated rings. The molecule has 0 aromatic heterocycles. The number of carbonyl (C=O) groups excluding carboxylic acids is 3. The minimum Gasteiger partial charge on any atom is -0.462 e. The van der Waals surface area contributed by atoms with Crippen LogP contribution >= 0.6 is 0 Å². The van der Waals surface area contributed by atoms with Crippen LogP contribution in [0.2, 0.25) is 0 Å². The van der Waals surface area contributed by atoms with Crippen LogP contribution in [0.15, 0.2) is 85.1 Å². The summed E-state index contributed by atoms with van der Waals surface area (Å²) >= 11 is 0. The first-order valence-electron chi connectivity index (χ1n) is 34.1. The Labute approximate surface area is 490 Å². The molecule has 1 atom stereocenters. The van der Waals surface area contributed by atoms with Gasteiger partial charge in [0.05, 0.1) is 0 Å². The van der Waals surface area contributed by atoms with Gasteiger partial charge in [-0.2, -0.15) is 0 Å². The molecule has 0 aromatic carbocycles. The fraction of sp³-hybridized carbons (Fsp3) is 0.767. The standard InChI is InChI=1S/C73H128O6/c1-4-7-10-13-16-19-22-24-26-28-29-30-31-32-33-34-35-36-37-38-39-40-41-42-43-45-46-48-51-54-57-60-63-66-72(75)78-69-70(68-77-71(74)65-62-59-56-53-50-21-18-15-12-9-6-3)79-73(76)67-64-61-58-55-52-49-47-44-27-25-23-20-17-14-11-8-5-2/h7,10,16-17,19-20,24-27,29-30,32-33,70H,4-6,8-9,11-15,18,21-23,28,31,34-69H2,1-3H3/b10-7-,19-16-,20-17-,26-24-,27-25-,30-29-,33-32-. The van der Waals surface area contributed by atoms with Gasteiger partial charge in [-0.25, -0.2) is 0 Å². The number of ether oxygens (including phenoxy) is 3. The van der Waals surface area contributed by atoms with Crippen LogP contribution in [0.4, 0.5) is 0 Å². The van der Waals surface area contributed by atoms with Crippen LogP contribution in [0.5, 0.6) is 0 Å². The molecule has 0 saturated carbocycles. The van der Waals surface area contributed by atoms with Crippen molar-refractivity contribution in [1.29, 1.82) is 0 Å². The molecule has 0 amide bonds. The summed E-state index contributed by atoms with van der Waals surface area (Å²) in [5.74, 6) is -0.866. The topological polar surface area (TPSA) is 78.9 Å². The van der Waals surface area contributed by atoms with Crippen LogP contribution in [0.3, 0.4) is 0 Å². The van der Waals surface area contributed by atoms with Crippen molar-refractivity contribution in [2.45, 2.75) is 348 Å². The third-order valence-corrected chi connectivity index (χ3v) is 14.9. The van der Waals surface area contributed by atoms with E-state index in [-0.39, 0.29) is 31.1 Å². The van der Waals surface area contributed by atoms with Crippen molar-refractivity contribution >= 4 is 17.9 Å². The Morgan fingerprint density at radius 2 is 0.494 bits per heavy atom. The van der Waals surface area contributed by atoms with E-state index in [0.717, 1.165) is 103 Å². The summed E-state index contributed by atoms with van der Waals surface area (Å²) in [7, 11) is 0. The molecule has 0 N–H and O–H groups in total. The highest BCUT2D eigenvalue weighted by molar-refractivity contribution is 5.71. The van der Waals surface area contributed by atoms with Gasteiger partial charge in [0.2, 0.25) is 0 Å². The minimum absolute atomic E-state index is 0.0743. The number of esters is 3. The van der Waals surface area contributed by atoms with Crippen LogP contribution in [-0.2, 0) is 28.6 Å². The fourth-order valence-electron chi connectivity index (χ4n) is 9.80. The van der Waals surface area contributed by atoms with Crippen LogP contribution in [0, 0.1) is 0 Å².